The van der Waals surface area contributed by atoms with Crippen molar-refractivity contribution < 1.29 is 9.53 Å². The molecule has 0 spiro atoms. The largest absolute Gasteiger partial charge is 0.461 e. The first kappa shape index (κ1) is 11.1. The number of benzene rings is 1. The molecule has 0 aliphatic carbocycles. The lowest BCUT2D eigenvalue weighted by Gasteiger charge is -2.15. The van der Waals surface area contributed by atoms with Gasteiger partial charge >= 0.3 is 5.97 Å². The van der Waals surface area contributed by atoms with Gasteiger partial charge in [0.25, 0.3) is 0 Å². The van der Waals surface area contributed by atoms with Gasteiger partial charge in [0.2, 0.25) is 0 Å². The molecule has 0 radical (unpaired) electrons. The number of nitrogens with zero attached hydrogens (tertiary/aromatic N) is 1. The Morgan fingerprint density at radius 1 is 1.44 bits per heavy atom. The van der Waals surface area contributed by atoms with Crippen molar-refractivity contribution in [1.29, 1.82) is 0 Å². The van der Waals surface area contributed by atoms with Crippen LogP contribution in [0.3, 0.4) is 0 Å². The van der Waals surface area contributed by atoms with Gasteiger partial charge in [-0.15, -0.1) is 0 Å². The lowest BCUT2D eigenvalue weighted by molar-refractivity contribution is -0.145. The third-order valence-corrected chi connectivity index (χ3v) is 2.81. The number of carbonyl (C=O) groups is 1. The molecule has 3 nitrogen and oxygen atoms in total. The highest BCUT2D eigenvalue weighted by atomic mass is 16.5. The smallest absolute Gasteiger partial charge is 0.302 e. The number of hydrogen-bond acceptors (Lipinski definition) is 3. The van der Waals surface area contributed by atoms with E-state index in [0.717, 1.165) is 26.1 Å². The van der Waals surface area contributed by atoms with Gasteiger partial charge in [-0.2, -0.15) is 0 Å². The Labute approximate surface area is 96.0 Å². The van der Waals surface area contributed by atoms with Crippen LogP contribution in [0.2, 0.25) is 0 Å². The maximum absolute atomic E-state index is 10.8. The summed E-state index contributed by atoms with van der Waals surface area (Å²) in [4.78, 5) is 13.1. The molecular formula is C13H17NO2. The molecule has 1 aliphatic heterocycles. The second-order valence-corrected chi connectivity index (χ2v) is 4.24. The first-order valence-electron chi connectivity index (χ1n) is 5.67. The summed E-state index contributed by atoms with van der Waals surface area (Å²) in [6.07, 6.45) is 1.04. The van der Waals surface area contributed by atoms with Crippen LogP contribution in [0.25, 0.3) is 0 Å². The second-order valence-electron chi connectivity index (χ2n) is 4.24. The molecule has 3 heteroatoms. The van der Waals surface area contributed by atoms with E-state index in [0.29, 0.717) is 0 Å². The minimum atomic E-state index is -0.174. The molecule has 1 saturated heterocycles. The summed E-state index contributed by atoms with van der Waals surface area (Å²) in [7, 11) is 0. The summed E-state index contributed by atoms with van der Waals surface area (Å²) < 4.78 is 5.20. The van der Waals surface area contributed by atoms with Crippen molar-refractivity contribution in [3.05, 3.63) is 35.9 Å². The topological polar surface area (TPSA) is 29.5 Å². The van der Waals surface area contributed by atoms with Gasteiger partial charge < -0.3 is 4.74 Å². The molecule has 0 N–H and O–H groups in total. The van der Waals surface area contributed by atoms with Gasteiger partial charge in [0.05, 0.1) is 0 Å². The van der Waals surface area contributed by atoms with Gasteiger partial charge in [-0.3, -0.25) is 9.69 Å². The zero-order valence-corrected chi connectivity index (χ0v) is 9.56. The van der Waals surface area contributed by atoms with Crippen LogP contribution in [0.4, 0.5) is 0 Å². The van der Waals surface area contributed by atoms with Crippen molar-refractivity contribution in [3.8, 4) is 0 Å². The van der Waals surface area contributed by atoms with Crippen molar-refractivity contribution in [1.82, 2.24) is 4.90 Å². The SMILES string of the molecule is CC(=O)OC1CCN(Cc2ccccc2)C1. The Bertz CT molecular complexity index is 350. The number of esters is 1. The fraction of sp³-hybridized carbons (Fsp3) is 0.462. The molecule has 0 bridgehead atoms. The van der Waals surface area contributed by atoms with E-state index < -0.39 is 0 Å². The molecule has 1 aliphatic rings. The molecular weight excluding hydrogens is 202 g/mol. The Morgan fingerprint density at radius 3 is 2.88 bits per heavy atom. The van der Waals surface area contributed by atoms with E-state index >= 15 is 0 Å². The molecule has 16 heavy (non-hydrogen) atoms. The molecule has 1 unspecified atom stereocenters. The van der Waals surface area contributed by atoms with Crippen LogP contribution in [-0.4, -0.2) is 30.1 Å². The Balaban J connectivity index is 1.83. The average molecular weight is 219 g/mol. The molecule has 1 fully saturated rings. The molecule has 86 valence electrons. The molecule has 1 atom stereocenters. The van der Waals surface area contributed by atoms with E-state index in [2.05, 4.69) is 29.2 Å². The van der Waals surface area contributed by atoms with E-state index in [1.165, 1.54) is 12.5 Å². The fourth-order valence-electron chi connectivity index (χ4n) is 2.11. The number of ether oxygens (including phenoxy) is 1. The van der Waals surface area contributed by atoms with E-state index in [4.69, 9.17) is 4.74 Å². The van der Waals surface area contributed by atoms with Crippen molar-refractivity contribution in [2.24, 2.45) is 0 Å². The number of likely N-dealkylation sites (tertiary alicyclic amines) is 1. The van der Waals surface area contributed by atoms with Crippen LogP contribution >= 0.6 is 0 Å². The first-order valence-corrected chi connectivity index (χ1v) is 5.67. The summed E-state index contributed by atoms with van der Waals surface area (Å²) in [6.45, 7) is 4.28. The zero-order chi connectivity index (χ0) is 11.4. The summed E-state index contributed by atoms with van der Waals surface area (Å²) in [5, 5.41) is 0. The summed E-state index contributed by atoms with van der Waals surface area (Å²) in [5.74, 6) is -0.174. The first-order chi connectivity index (χ1) is 7.74. The van der Waals surface area contributed by atoms with Crippen molar-refractivity contribution >= 4 is 5.97 Å². The standard InChI is InChI=1S/C13H17NO2/c1-11(15)16-13-7-8-14(10-13)9-12-5-3-2-4-6-12/h2-6,13H,7-10H2,1H3. The molecule has 0 aromatic heterocycles. The molecule has 0 saturated carbocycles. The highest BCUT2D eigenvalue weighted by Gasteiger charge is 2.24. The number of rotatable bonds is 3. The maximum Gasteiger partial charge on any atom is 0.302 e. The molecule has 1 aromatic carbocycles. The fourth-order valence-corrected chi connectivity index (χ4v) is 2.11. The van der Waals surface area contributed by atoms with Crippen LogP contribution in [0.5, 0.6) is 0 Å². The third-order valence-electron chi connectivity index (χ3n) is 2.81. The Hall–Kier alpha value is -1.35. The predicted octanol–water partition coefficient (Wildman–Crippen LogP) is 1.82. The highest BCUT2D eigenvalue weighted by molar-refractivity contribution is 5.66. The van der Waals surface area contributed by atoms with Crippen molar-refractivity contribution in [3.63, 3.8) is 0 Å². The lowest BCUT2D eigenvalue weighted by Crippen LogP contribution is -2.24. The van der Waals surface area contributed by atoms with Crippen LogP contribution in [0.1, 0.15) is 18.9 Å². The normalized spacial score (nSPS) is 20.9. The van der Waals surface area contributed by atoms with Gasteiger partial charge in [0, 0.05) is 26.6 Å². The summed E-state index contributed by atoms with van der Waals surface area (Å²) >= 11 is 0. The Kier molecular flexibility index (Phi) is 3.57. The second kappa shape index (κ2) is 5.12. The molecule has 1 heterocycles. The third kappa shape index (κ3) is 3.07. The summed E-state index contributed by atoms with van der Waals surface area (Å²) in [5.41, 5.74) is 1.31. The lowest BCUT2D eigenvalue weighted by atomic mass is 10.2. The van der Waals surface area contributed by atoms with E-state index in [9.17, 15) is 4.79 Å². The van der Waals surface area contributed by atoms with Crippen molar-refractivity contribution in [2.45, 2.75) is 26.0 Å². The van der Waals surface area contributed by atoms with E-state index in [-0.39, 0.29) is 12.1 Å². The maximum atomic E-state index is 10.8. The van der Waals surface area contributed by atoms with E-state index in [1.54, 1.807) is 0 Å². The number of hydrogen-bond donors (Lipinski definition) is 0. The quantitative estimate of drug-likeness (QED) is 0.726. The van der Waals surface area contributed by atoms with Gasteiger partial charge in [-0.25, -0.2) is 0 Å². The molecule has 1 aromatic rings. The van der Waals surface area contributed by atoms with Gasteiger partial charge in [0.1, 0.15) is 6.10 Å². The zero-order valence-electron chi connectivity index (χ0n) is 9.56. The monoisotopic (exact) mass is 219 g/mol. The van der Waals surface area contributed by atoms with Crippen LogP contribution in [0, 0.1) is 0 Å². The minimum absolute atomic E-state index is 0.0845. The van der Waals surface area contributed by atoms with Crippen molar-refractivity contribution in [2.75, 3.05) is 13.1 Å². The minimum Gasteiger partial charge on any atom is -0.461 e. The predicted molar refractivity (Wildman–Crippen MR) is 61.9 cm³/mol. The van der Waals surface area contributed by atoms with Crippen LogP contribution < -0.4 is 0 Å². The Morgan fingerprint density at radius 2 is 2.19 bits per heavy atom. The van der Waals surface area contributed by atoms with Gasteiger partial charge in [0.15, 0.2) is 0 Å². The van der Waals surface area contributed by atoms with Crippen LogP contribution in [-0.2, 0) is 16.1 Å². The number of carbonyl (C=O) groups excluding carboxylic acids is 1. The van der Waals surface area contributed by atoms with Crippen LogP contribution in [0.15, 0.2) is 30.3 Å². The van der Waals surface area contributed by atoms with Gasteiger partial charge in [-0.05, 0) is 12.0 Å². The molecule has 0 amide bonds. The summed E-state index contributed by atoms with van der Waals surface area (Å²) in [6, 6.07) is 10.4. The molecule has 2 rings (SSSR count). The van der Waals surface area contributed by atoms with Gasteiger partial charge in [-0.1, -0.05) is 30.3 Å². The highest BCUT2D eigenvalue weighted by Crippen LogP contribution is 2.15. The van der Waals surface area contributed by atoms with E-state index in [1.807, 2.05) is 6.07 Å². The average Bonchev–Trinajstić information content (AvgIpc) is 2.66.